The van der Waals surface area contributed by atoms with E-state index in [-0.39, 0.29) is 15.7 Å². The number of ether oxygens (including phenoxy) is 1. The fourth-order valence-corrected chi connectivity index (χ4v) is 5.71. The predicted octanol–water partition coefficient (Wildman–Crippen LogP) is 4.91. The molecule has 8 nitrogen and oxygen atoms in total. The van der Waals surface area contributed by atoms with Crippen molar-refractivity contribution in [1.29, 1.82) is 0 Å². The molecule has 9 heteroatoms. The molecule has 0 spiro atoms. The third kappa shape index (κ3) is 5.28. The molecule has 1 aliphatic heterocycles. The minimum atomic E-state index is -3.70. The fraction of sp³-hybridized carbons (Fsp3) is 0.214. The minimum absolute atomic E-state index is 0.161. The fourth-order valence-electron chi connectivity index (χ4n) is 4.45. The first-order valence-electron chi connectivity index (χ1n) is 12.0. The summed E-state index contributed by atoms with van der Waals surface area (Å²) in [6, 6.07) is 21.0. The molecule has 4 aromatic rings. The lowest BCUT2D eigenvalue weighted by molar-refractivity contribution is -0.114. The van der Waals surface area contributed by atoms with Crippen molar-refractivity contribution in [3.63, 3.8) is 0 Å². The Kier molecular flexibility index (Phi) is 6.82. The Balaban J connectivity index is 1.41. The van der Waals surface area contributed by atoms with Gasteiger partial charge in [0.2, 0.25) is 15.7 Å². The van der Waals surface area contributed by atoms with Gasteiger partial charge in [-0.1, -0.05) is 12.1 Å². The van der Waals surface area contributed by atoms with Crippen LogP contribution in [0.5, 0.6) is 0 Å². The summed E-state index contributed by atoms with van der Waals surface area (Å²) in [5, 5.41) is 7.07. The summed E-state index contributed by atoms with van der Waals surface area (Å²) in [6.45, 7) is 6.41. The zero-order chi connectivity index (χ0) is 26.0. The SMILES string of the molecule is CC(=O)Nc1ccc(S(=O)(=O)c2ccc(Nc3cc(C)nc4c(N5CCOCC5)cccc34)cc2)cc1. The zero-order valence-electron chi connectivity index (χ0n) is 20.7. The summed E-state index contributed by atoms with van der Waals surface area (Å²) >= 11 is 0. The van der Waals surface area contributed by atoms with Gasteiger partial charge in [0, 0.05) is 48.2 Å². The molecule has 0 radical (unpaired) electrons. The molecule has 1 amide bonds. The Morgan fingerprint density at radius 3 is 2.16 bits per heavy atom. The number of amides is 1. The minimum Gasteiger partial charge on any atom is -0.378 e. The van der Waals surface area contributed by atoms with Crippen LogP contribution in [0.1, 0.15) is 12.6 Å². The van der Waals surface area contributed by atoms with Gasteiger partial charge in [0.25, 0.3) is 0 Å². The summed E-state index contributed by atoms with van der Waals surface area (Å²) < 4.78 is 31.7. The van der Waals surface area contributed by atoms with E-state index < -0.39 is 9.84 Å². The van der Waals surface area contributed by atoms with Crippen LogP contribution in [0.3, 0.4) is 0 Å². The highest BCUT2D eigenvalue weighted by Gasteiger charge is 2.19. The molecular weight excluding hydrogens is 488 g/mol. The third-order valence-corrected chi connectivity index (χ3v) is 8.01. The second kappa shape index (κ2) is 10.2. The lowest BCUT2D eigenvalue weighted by Gasteiger charge is -2.29. The van der Waals surface area contributed by atoms with E-state index in [9.17, 15) is 13.2 Å². The second-order valence-corrected chi connectivity index (χ2v) is 10.9. The smallest absolute Gasteiger partial charge is 0.221 e. The third-order valence-electron chi connectivity index (χ3n) is 6.23. The predicted molar refractivity (Wildman–Crippen MR) is 145 cm³/mol. The maximum absolute atomic E-state index is 13.1. The van der Waals surface area contributed by atoms with Crippen molar-refractivity contribution >= 4 is 49.4 Å². The molecule has 5 rings (SSSR count). The molecule has 1 saturated heterocycles. The van der Waals surface area contributed by atoms with Crippen molar-refractivity contribution in [2.24, 2.45) is 0 Å². The number of fused-ring (bicyclic) bond motifs is 1. The number of para-hydroxylation sites is 1. The molecular formula is C28H28N4O4S. The van der Waals surface area contributed by atoms with E-state index in [0.717, 1.165) is 46.7 Å². The number of carbonyl (C=O) groups excluding carboxylic acids is 1. The van der Waals surface area contributed by atoms with Gasteiger partial charge in [0.05, 0.1) is 34.2 Å². The molecule has 1 fully saturated rings. The van der Waals surface area contributed by atoms with E-state index in [1.54, 1.807) is 36.4 Å². The Hall–Kier alpha value is -3.95. The van der Waals surface area contributed by atoms with Crippen LogP contribution in [-0.2, 0) is 19.4 Å². The van der Waals surface area contributed by atoms with Crippen LogP contribution < -0.4 is 15.5 Å². The Morgan fingerprint density at radius 2 is 1.54 bits per heavy atom. The zero-order valence-corrected chi connectivity index (χ0v) is 21.5. The number of hydrogen-bond donors (Lipinski definition) is 2. The van der Waals surface area contributed by atoms with Crippen molar-refractivity contribution in [1.82, 2.24) is 4.98 Å². The number of nitrogens with zero attached hydrogens (tertiary/aromatic N) is 2. The van der Waals surface area contributed by atoms with Crippen LogP contribution in [0.2, 0.25) is 0 Å². The van der Waals surface area contributed by atoms with Gasteiger partial charge in [-0.3, -0.25) is 9.78 Å². The molecule has 1 aromatic heterocycles. The summed E-state index contributed by atoms with van der Waals surface area (Å²) in [5.74, 6) is -0.215. The van der Waals surface area contributed by atoms with E-state index in [4.69, 9.17) is 9.72 Å². The summed E-state index contributed by atoms with van der Waals surface area (Å²) in [5.41, 5.74) is 5.11. The number of morpholine rings is 1. The number of anilines is 4. The Labute approximate surface area is 216 Å². The number of sulfone groups is 1. The first-order chi connectivity index (χ1) is 17.8. The molecule has 2 heterocycles. The number of nitrogens with one attached hydrogen (secondary N) is 2. The van der Waals surface area contributed by atoms with E-state index >= 15 is 0 Å². The lowest BCUT2D eigenvalue weighted by Crippen LogP contribution is -2.36. The number of hydrogen-bond acceptors (Lipinski definition) is 7. The molecule has 0 bridgehead atoms. The van der Waals surface area contributed by atoms with Crippen molar-refractivity contribution in [2.45, 2.75) is 23.6 Å². The lowest BCUT2D eigenvalue weighted by atomic mass is 10.1. The van der Waals surface area contributed by atoms with Crippen LogP contribution >= 0.6 is 0 Å². The van der Waals surface area contributed by atoms with Crippen molar-refractivity contribution in [3.8, 4) is 0 Å². The normalized spacial score (nSPS) is 13.9. The van der Waals surface area contributed by atoms with Crippen LogP contribution in [0.25, 0.3) is 10.9 Å². The molecule has 3 aromatic carbocycles. The van der Waals surface area contributed by atoms with Gasteiger partial charge in [-0.25, -0.2) is 8.42 Å². The number of carbonyl (C=O) groups is 1. The summed E-state index contributed by atoms with van der Waals surface area (Å²) in [7, 11) is -3.70. The second-order valence-electron chi connectivity index (χ2n) is 8.94. The largest absolute Gasteiger partial charge is 0.378 e. The Bertz CT molecular complexity index is 1550. The summed E-state index contributed by atoms with van der Waals surface area (Å²) in [4.78, 5) is 18.7. The number of rotatable bonds is 6. The molecule has 190 valence electrons. The van der Waals surface area contributed by atoms with Crippen molar-refractivity contribution in [3.05, 3.63) is 78.5 Å². The average Bonchev–Trinajstić information content (AvgIpc) is 2.89. The first-order valence-corrected chi connectivity index (χ1v) is 13.5. The molecule has 0 atom stereocenters. The maximum atomic E-state index is 13.1. The molecule has 2 N–H and O–H groups in total. The van der Waals surface area contributed by atoms with Gasteiger partial charge in [-0.05, 0) is 67.6 Å². The van der Waals surface area contributed by atoms with Crippen molar-refractivity contribution in [2.75, 3.05) is 41.8 Å². The number of pyridine rings is 1. The van der Waals surface area contributed by atoms with Gasteiger partial charge in [0.15, 0.2) is 0 Å². The van der Waals surface area contributed by atoms with E-state index in [1.165, 1.54) is 19.1 Å². The van der Waals surface area contributed by atoms with Crippen LogP contribution in [0, 0.1) is 6.92 Å². The van der Waals surface area contributed by atoms with Gasteiger partial charge in [-0.2, -0.15) is 0 Å². The van der Waals surface area contributed by atoms with E-state index in [0.29, 0.717) is 18.9 Å². The van der Waals surface area contributed by atoms with Gasteiger partial charge < -0.3 is 20.3 Å². The van der Waals surface area contributed by atoms with Crippen LogP contribution in [-0.4, -0.2) is 45.6 Å². The number of aryl methyl sites for hydroxylation is 1. The maximum Gasteiger partial charge on any atom is 0.221 e. The quantitative estimate of drug-likeness (QED) is 0.375. The number of benzene rings is 3. The molecule has 0 aliphatic carbocycles. The van der Waals surface area contributed by atoms with Gasteiger partial charge >= 0.3 is 0 Å². The highest BCUT2D eigenvalue weighted by Crippen LogP contribution is 2.33. The molecule has 0 unspecified atom stereocenters. The molecule has 1 aliphatic rings. The topological polar surface area (TPSA) is 101 Å². The summed E-state index contributed by atoms with van der Waals surface area (Å²) in [6.07, 6.45) is 0. The monoisotopic (exact) mass is 516 g/mol. The Morgan fingerprint density at radius 1 is 0.919 bits per heavy atom. The first kappa shape index (κ1) is 24.7. The van der Waals surface area contributed by atoms with E-state index in [1.807, 2.05) is 25.1 Å². The molecule has 0 saturated carbocycles. The van der Waals surface area contributed by atoms with E-state index in [2.05, 4.69) is 21.6 Å². The highest BCUT2D eigenvalue weighted by molar-refractivity contribution is 7.91. The average molecular weight is 517 g/mol. The highest BCUT2D eigenvalue weighted by atomic mass is 32.2. The van der Waals surface area contributed by atoms with Crippen LogP contribution in [0.4, 0.5) is 22.7 Å². The molecule has 37 heavy (non-hydrogen) atoms. The number of aromatic nitrogens is 1. The van der Waals surface area contributed by atoms with Gasteiger partial charge in [-0.15, -0.1) is 0 Å². The standard InChI is InChI=1S/C28H28N4O4S/c1-19-18-26(25-4-3-5-27(28(25)29-19)32-14-16-36-17-15-32)31-22-8-12-24(13-9-22)37(34,35)23-10-6-21(7-11-23)30-20(2)33/h3-13,18H,14-17H2,1-2H3,(H,29,31)(H,30,33). The van der Waals surface area contributed by atoms with Crippen LogP contribution in [0.15, 0.2) is 82.6 Å². The van der Waals surface area contributed by atoms with Crippen molar-refractivity contribution < 1.29 is 17.9 Å². The van der Waals surface area contributed by atoms with Gasteiger partial charge in [0.1, 0.15) is 0 Å².